The summed E-state index contributed by atoms with van der Waals surface area (Å²) in [6.07, 6.45) is 3.39. The van der Waals surface area contributed by atoms with Crippen LogP contribution in [0.15, 0.2) is 48.4 Å². The number of aryl methyl sites for hydroxylation is 1. The van der Waals surface area contributed by atoms with Gasteiger partial charge in [-0.3, -0.25) is 9.69 Å². The molecule has 1 aliphatic rings. The van der Waals surface area contributed by atoms with Crippen LogP contribution in [0.5, 0.6) is 5.75 Å². The third-order valence-electron chi connectivity index (χ3n) is 6.18. The van der Waals surface area contributed by atoms with E-state index in [1.54, 1.807) is 24.3 Å². The Hall–Kier alpha value is -2.15. The molecule has 0 fully saturated rings. The van der Waals surface area contributed by atoms with Gasteiger partial charge in [0.2, 0.25) is 5.91 Å². The number of rotatable bonds is 11. The van der Waals surface area contributed by atoms with Crippen LogP contribution in [-0.2, 0) is 11.2 Å². The number of hydrogen-bond donors (Lipinski definition) is 1. The SMILES string of the molecule is C=C[C@@](C)(O)CN(CCC(C)C)CC(=O)N1CCc2sccc2[C@H]1COc1cccc(C)c1. The molecule has 33 heavy (non-hydrogen) atoms. The van der Waals surface area contributed by atoms with Crippen LogP contribution in [0, 0.1) is 12.8 Å². The van der Waals surface area contributed by atoms with Gasteiger partial charge in [0.1, 0.15) is 12.4 Å². The van der Waals surface area contributed by atoms with Crippen molar-refractivity contribution in [3.05, 3.63) is 64.4 Å². The number of ether oxygens (including phenoxy) is 1. The average Bonchev–Trinajstić information content (AvgIpc) is 3.24. The summed E-state index contributed by atoms with van der Waals surface area (Å²) in [5.74, 6) is 1.42. The Bertz CT molecular complexity index is 937. The van der Waals surface area contributed by atoms with Crippen LogP contribution in [0.3, 0.4) is 0 Å². The maximum atomic E-state index is 13.6. The van der Waals surface area contributed by atoms with Crippen molar-refractivity contribution in [1.82, 2.24) is 9.80 Å². The first kappa shape index (κ1) is 25.5. The largest absolute Gasteiger partial charge is 0.491 e. The molecule has 1 amide bonds. The molecule has 1 aromatic heterocycles. The lowest BCUT2D eigenvalue weighted by Crippen LogP contribution is -2.49. The van der Waals surface area contributed by atoms with Crippen molar-refractivity contribution >= 4 is 17.2 Å². The highest BCUT2D eigenvalue weighted by Gasteiger charge is 2.33. The topological polar surface area (TPSA) is 53.0 Å². The highest BCUT2D eigenvalue weighted by molar-refractivity contribution is 7.10. The fourth-order valence-corrected chi connectivity index (χ4v) is 5.14. The highest BCUT2D eigenvalue weighted by Crippen LogP contribution is 2.34. The number of aliphatic hydroxyl groups is 1. The minimum Gasteiger partial charge on any atom is -0.491 e. The Kier molecular flexibility index (Phi) is 8.74. The van der Waals surface area contributed by atoms with Crippen molar-refractivity contribution in [2.45, 2.75) is 52.2 Å². The van der Waals surface area contributed by atoms with Crippen LogP contribution < -0.4 is 4.74 Å². The van der Waals surface area contributed by atoms with Crippen LogP contribution in [0.2, 0.25) is 0 Å². The van der Waals surface area contributed by atoms with Crippen molar-refractivity contribution in [2.24, 2.45) is 5.92 Å². The standard InChI is InChI=1S/C27H38N2O3S/c1-6-27(5,31)19-28(13-10-20(2)3)17-26(30)29-14-11-25-23(12-15-33-25)24(29)18-32-22-9-7-8-21(4)16-22/h6-9,12,15-16,20,24,31H,1,10-11,13-14,17-19H2,2-5H3/t24-,27-/m1/s1. The molecule has 1 aromatic carbocycles. The second-order valence-electron chi connectivity index (χ2n) is 9.73. The summed E-state index contributed by atoms with van der Waals surface area (Å²) >= 11 is 1.75. The molecule has 0 spiro atoms. The summed E-state index contributed by atoms with van der Waals surface area (Å²) in [5, 5.41) is 12.7. The zero-order chi connectivity index (χ0) is 24.0. The van der Waals surface area contributed by atoms with Gasteiger partial charge in [0.15, 0.2) is 0 Å². The first-order chi connectivity index (χ1) is 15.7. The summed E-state index contributed by atoms with van der Waals surface area (Å²) in [4.78, 5) is 18.9. The second kappa shape index (κ2) is 11.3. The molecular weight excluding hydrogens is 432 g/mol. The number of hydrogen-bond acceptors (Lipinski definition) is 5. The Morgan fingerprint density at radius 2 is 2.21 bits per heavy atom. The third kappa shape index (κ3) is 7.16. The molecule has 1 N–H and O–H groups in total. The second-order valence-corrected chi connectivity index (χ2v) is 10.7. The molecule has 1 aliphatic heterocycles. The van der Waals surface area contributed by atoms with Gasteiger partial charge in [-0.15, -0.1) is 17.9 Å². The molecule has 0 aliphatic carbocycles. The van der Waals surface area contributed by atoms with Gasteiger partial charge in [-0.2, -0.15) is 0 Å². The molecule has 2 heterocycles. The molecule has 0 bridgehead atoms. The van der Waals surface area contributed by atoms with Crippen molar-refractivity contribution in [1.29, 1.82) is 0 Å². The van der Waals surface area contributed by atoms with E-state index in [0.29, 0.717) is 25.6 Å². The molecule has 0 saturated carbocycles. The minimum atomic E-state index is -1.03. The van der Waals surface area contributed by atoms with E-state index in [1.165, 1.54) is 10.4 Å². The van der Waals surface area contributed by atoms with Gasteiger partial charge in [0.05, 0.1) is 18.2 Å². The van der Waals surface area contributed by atoms with Gasteiger partial charge in [-0.05, 0) is 73.9 Å². The maximum Gasteiger partial charge on any atom is 0.237 e. The summed E-state index contributed by atoms with van der Waals surface area (Å²) in [6, 6.07) is 10.0. The Morgan fingerprint density at radius 1 is 1.42 bits per heavy atom. The number of fused-ring (bicyclic) bond motifs is 1. The molecule has 6 heteroatoms. The lowest BCUT2D eigenvalue weighted by Gasteiger charge is -2.38. The number of nitrogens with zero attached hydrogens (tertiary/aromatic N) is 2. The van der Waals surface area contributed by atoms with Gasteiger partial charge >= 0.3 is 0 Å². The molecule has 0 radical (unpaired) electrons. The molecular formula is C27H38N2O3S. The fourth-order valence-electron chi connectivity index (χ4n) is 4.21. The van der Waals surface area contributed by atoms with E-state index >= 15 is 0 Å². The van der Waals surface area contributed by atoms with E-state index in [9.17, 15) is 9.90 Å². The predicted octanol–water partition coefficient (Wildman–Crippen LogP) is 4.85. The Balaban J connectivity index is 1.75. The van der Waals surface area contributed by atoms with Gasteiger partial charge in [-0.1, -0.05) is 32.1 Å². The van der Waals surface area contributed by atoms with Crippen molar-refractivity contribution in [3.8, 4) is 5.75 Å². The fraction of sp³-hybridized carbons (Fsp3) is 0.519. The van der Waals surface area contributed by atoms with Crippen LogP contribution in [0.25, 0.3) is 0 Å². The van der Waals surface area contributed by atoms with Crippen molar-refractivity contribution < 1.29 is 14.6 Å². The lowest BCUT2D eigenvalue weighted by molar-refractivity contribution is -0.136. The quantitative estimate of drug-likeness (QED) is 0.477. The van der Waals surface area contributed by atoms with Gasteiger partial charge in [0, 0.05) is 18.0 Å². The highest BCUT2D eigenvalue weighted by atomic mass is 32.1. The summed E-state index contributed by atoms with van der Waals surface area (Å²) in [7, 11) is 0. The zero-order valence-electron chi connectivity index (χ0n) is 20.4. The van der Waals surface area contributed by atoms with E-state index in [4.69, 9.17) is 4.74 Å². The first-order valence-electron chi connectivity index (χ1n) is 11.8. The maximum absolute atomic E-state index is 13.6. The molecule has 2 aromatic rings. The number of amides is 1. The van der Waals surface area contributed by atoms with Gasteiger partial charge in [-0.25, -0.2) is 0 Å². The number of carbonyl (C=O) groups excluding carboxylic acids is 1. The average molecular weight is 471 g/mol. The number of thiophene rings is 1. The molecule has 5 nitrogen and oxygen atoms in total. The molecule has 2 atom stereocenters. The van der Waals surface area contributed by atoms with E-state index < -0.39 is 5.60 Å². The van der Waals surface area contributed by atoms with E-state index in [2.05, 4.69) is 36.8 Å². The number of carbonyl (C=O) groups is 1. The molecule has 3 rings (SSSR count). The Labute approximate surface area is 202 Å². The van der Waals surface area contributed by atoms with Gasteiger partial charge < -0.3 is 14.7 Å². The third-order valence-corrected chi connectivity index (χ3v) is 7.17. The molecule has 0 unspecified atom stereocenters. The first-order valence-corrected chi connectivity index (χ1v) is 12.7. The van der Waals surface area contributed by atoms with Crippen LogP contribution in [0.4, 0.5) is 0 Å². The van der Waals surface area contributed by atoms with E-state index in [0.717, 1.165) is 30.7 Å². The Morgan fingerprint density at radius 3 is 2.91 bits per heavy atom. The van der Waals surface area contributed by atoms with E-state index in [-0.39, 0.29) is 18.5 Å². The monoisotopic (exact) mass is 470 g/mol. The predicted molar refractivity (Wildman–Crippen MR) is 136 cm³/mol. The zero-order valence-corrected chi connectivity index (χ0v) is 21.2. The normalized spacial score (nSPS) is 17.7. The minimum absolute atomic E-state index is 0.0771. The number of benzene rings is 1. The van der Waals surface area contributed by atoms with E-state index in [1.807, 2.05) is 36.1 Å². The summed E-state index contributed by atoms with van der Waals surface area (Å²) in [5.41, 5.74) is 1.31. The lowest BCUT2D eigenvalue weighted by atomic mass is 10.00. The van der Waals surface area contributed by atoms with Crippen LogP contribution in [0.1, 0.15) is 49.2 Å². The summed E-state index contributed by atoms with van der Waals surface area (Å²) < 4.78 is 6.16. The smallest absolute Gasteiger partial charge is 0.237 e. The van der Waals surface area contributed by atoms with Crippen molar-refractivity contribution in [2.75, 3.05) is 32.8 Å². The van der Waals surface area contributed by atoms with Gasteiger partial charge in [0.25, 0.3) is 0 Å². The summed E-state index contributed by atoms with van der Waals surface area (Å²) in [6.45, 7) is 14.4. The molecule has 180 valence electrons. The molecule has 0 saturated heterocycles. The van der Waals surface area contributed by atoms with Crippen LogP contribution in [-0.4, -0.2) is 59.2 Å². The van der Waals surface area contributed by atoms with Crippen molar-refractivity contribution in [3.63, 3.8) is 0 Å². The van der Waals surface area contributed by atoms with Crippen LogP contribution >= 0.6 is 11.3 Å².